The van der Waals surface area contributed by atoms with Gasteiger partial charge in [-0.3, -0.25) is 9.59 Å². The molecule has 3 rings (SSSR count). The van der Waals surface area contributed by atoms with Crippen molar-refractivity contribution in [1.82, 2.24) is 4.90 Å². The molecule has 9 heteroatoms. The number of hydrogen-bond donors (Lipinski definition) is 1. The van der Waals surface area contributed by atoms with Crippen LogP contribution < -0.4 is 10.1 Å². The fourth-order valence-electron chi connectivity index (χ4n) is 2.66. The highest BCUT2D eigenvalue weighted by atomic mass is 32.2. The van der Waals surface area contributed by atoms with Gasteiger partial charge in [0.15, 0.2) is 0 Å². The van der Waals surface area contributed by atoms with Gasteiger partial charge in [-0.1, -0.05) is 11.8 Å². The molecule has 1 N–H and O–H groups in total. The molecular formula is C19H20N2O5S2. The minimum absolute atomic E-state index is 0.0399. The van der Waals surface area contributed by atoms with E-state index < -0.39 is 5.97 Å². The molecule has 1 aliphatic rings. The highest BCUT2D eigenvalue weighted by Gasteiger charge is 2.25. The summed E-state index contributed by atoms with van der Waals surface area (Å²) in [7, 11) is 1.59. The van der Waals surface area contributed by atoms with E-state index in [2.05, 4.69) is 5.32 Å². The van der Waals surface area contributed by atoms with Gasteiger partial charge in [-0.05, 0) is 42.8 Å². The Bertz CT molecular complexity index is 879. The predicted octanol–water partition coefficient (Wildman–Crippen LogP) is 3.71. The number of nitrogens with zero attached hydrogens (tertiary/aromatic N) is 1. The van der Waals surface area contributed by atoms with Crippen LogP contribution in [0.3, 0.4) is 0 Å². The Morgan fingerprint density at radius 3 is 2.61 bits per heavy atom. The van der Waals surface area contributed by atoms with Gasteiger partial charge in [0.1, 0.15) is 17.2 Å². The summed E-state index contributed by atoms with van der Waals surface area (Å²) in [5.41, 5.74) is 1.28. The van der Waals surface area contributed by atoms with Gasteiger partial charge in [-0.25, -0.2) is 4.79 Å². The summed E-state index contributed by atoms with van der Waals surface area (Å²) in [5, 5.41) is 2.65. The van der Waals surface area contributed by atoms with E-state index in [0.29, 0.717) is 22.9 Å². The zero-order valence-corrected chi connectivity index (χ0v) is 17.2. The second-order valence-corrected chi connectivity index (χ2v) is 7.98. The van der Waals surface area contributed by atoms with Crippen LogP contribution in [0.25, 0.3) is 10.4 Å². The van der Waals surface area contributed by atoms with Gasteiger partial charge in [0.25, 0.3) is 5.24 Å². The lowest BCUT2D eigenvalue weighted by Gasteiger charge is -2.14. The van der Waals surface area contributed by atoms with Gasteiger partial charge in [0, 0.05) is 17.2 Å². The topological polar surface area (TPSA) is 84.9 Å². The highest BCUT2D eigenvalue weighted by molar-refractivity contribution is 8.13. The van der Waals surface area contributed by atoms with E-state index in [4.69, 9.17) is 9.47 Å². The lowest BCUT2D eigenvalue weighted by molar-refractivity contribution is -0.116. The largest absolute Gasteiger partial charge is 0.497 e. The normalized spacial score (nSPS) is 13.5. The molecule has 0 aliphatic carbocycles. The van der Waals surface area contributed by atoms with Gasteiger partial charge < -0.3 is 19.7 Å². The van der Waals surface area contributed by atoms with Crippen LogP contribution >= 0.6 is 23.1 Å². The van der Waals surface area contributed by atoms with Crippen molar-refractivity contribution in [2.75, 3.05) is 37.9 Å². The van der Waals surface area contributed by atoms with E-state index in [1.54, 1.807) is 20.1 Å². The molecule has 2 heterocycles. The van der Waals surface area contributed by atoms with E-state index in [1.165, 1.54) is 28.0 Å². The first-order chi connectivity index (χ1) is 13.5. The zero-order valence-electron chi connectivity index (χ0n) is 15.5. The van der Waals surface area contributed by atoms with Crippen molar-refractivity contribution >= 4 is 45.9 Å². The number of hydrogen-bond acceptors (Lipinski definition) is 7. The molecule has 1 aromatic heterocycles. The summed E-state index contributed by atoms with van der Waals surface area (Å²) in [6.07, 6.45) is 0. The van der Waals surface area contributed by atoms with Crippen molar-refractivity contribution in [2.45, 2.75) is 6.92 Å². The number of amides is 2. The van der Waals surface area contributed by atoms with Crippen LogP contribution in [-0.2, 0) is 9.53 Å². The van der Waals surface area contributed by atoms with Crippen LogP contribution in [-0.4, -0.2) is 54.6 Å². The Balaban J connectivity index is 1.82. The van der Waals surface area contributed by atoms with Gasteiger partial charge in [-0.2, -0.15) is 0 Å². The number of carbonyl (C=O) groups excluding carboxylic acids is 3. The summed E-state index contributed by atoms with van der Waals surface area (Å²) in [6, 6.07) is 9.16. The number of nitrogens with one attached hydrogen (secondary N) is 1. The first-order valence-corrected chi connectivity index (χ1v) is 10.5. The number of carbonyl (C=O) groups is 3. The van der Waals surface area contributed by atoms with Crippen LogP contribution in [0.4, 0.5) is 10.5 Å². The number of benzene rings is 1. The number of thioether (sulfide) groups is 1. The molecule has 7 nitrogen and oxygen atoms in total. The Kier molecular flexibility index (Phi) is 6.58. The Morgan fingerprint density at radius 2 is 2.00 bits per heavy atom. The van der Waals surface area contributed by atoms with Gasteiger partial charge >= 0.3 is 5.97 Å². The van der Waals surface area contributed by atoms with Crippen LogP contribution in [0.5, 0.6) is 5.75 Å². The van der Waals surface area contributed by atoms with Gasteiger partial charge in [-0.15, -0.1) is 11.3 Å². The van der Waals surface area contributed by atoms with Gasteiger partial charge in [0.2, 0.25) is 5.91 Å². The average molecular weight is 421 g/mol. The fourth-order valence-corrected chi connectivity index (χ4v) is 4.50. The van der Waals surface area contributed by atoms with Crippen molar-refractivity contribution in [1.29, 1.82) is 0 Å². The molecule has 2 amide bonds. The molecule has 1 saturated heterocycles. The van der Waals surface area contributed by atoms with E-state index in [9.17, 15) is 14.4 Å². The lowest BCUT2D eigenvalue weighted by Crippen LogP contribution is -2.33. The number of ether oxygens (including phenoxy) is 2. The number of anilines is 1. The standard InChI is InChI=1S/C19H20N2O5S2/c1-3-26-18(23)17-14(20-16(22)11-21-8-9-27-19(21)24)10-15(28-17)12-4-6-13(25-2)7-5-12/h4-7,10H,3,8-9,11H2,1-2H3,(H,20,22). The van der Waals surface area contributed by atoms with Crippen molar-refractivity contribution in [3.8, 4) is 16.2 Å². The minimum atomic E-state index is -0.490. The van der Waals surface area contributed by atoms with Crippen LogP contribution in [0.1, 0.15) is 16.6 Å². The second-order valence-electron chi connectivity index (χ2n) is 5.89. The molecule has 0 radical (unpaired) electrons. The Labute approximate surface area is 171 Å². The van der Waals surface area contributed by atoms with E-state index >= 15 is 0 Å². The average Bonchev–Trinajstić information content (AvgIpc) is 3.28. The van der Waals surface area contributed by atoms with E-state index in [0.717, 1.165) is 16.2 Å². The molecular weight excluding hydrogens is 400 g/mol. The Morgan fingerprint density at radius 1 is 1.25 bits per heavy atom. The maximum atomic E-state index is 12.4. The molecule has 0 spiro atoms. The molecule has 2 aromatic rings. The van der Waals surface area contributed by atoms with Crippen molar-refractivity contribution in [2.24, 2.45) is 0 Å². The molecule has 0 saturated carbocycles. The summed E-state index contributed by atoms with van der Waals surface area (Å²) in [5.74, 6) is 0.573. The molecule has 1 aliphatic heterocycles. The third-order valence-electron chi connectivity index (χ3n) is 4.02. The Hall–Kier alpha value is -2.52. The predicted molar refractivity (Wildman–Crippen MR) is 110 cm³/mol. The van der Waals surface area contributed by atoms with Crippen LogP contribution in [0.2, 0.25) is 0 Å². The quantitative estimate of drug-likeness (QED) is 0.688. The van der Waals surface area contributed by atoms with E-state index in [1.807, 2.05) is 24.3 Å². The highest BCUT2D eigenvalue weighted by Crippen LogP contribution is 2.36. The summed E-state index contributed by atoms with van der Waals surface area (Å²) in [6.45, 7) is 2.47. The maximum absolute atomic E-state index is 12.4. The monoisotopic (exact) mass is 420 g/mol. The maximum Gasteiger partial charge on any atom is 0.350 e. The summed E-state index contributed by atoms with van der Waals surface area (Å²) >= 11 is 2.44. The van der Waals surface area contributed by atoms with E-state index in [-0.39, 0.29) is 24.3 Å². The first-order valence-electron chi connectivity index (χ1n) is 8.68. The third-order valence-corrected chi connectivity index (χ3v) is 6.08. The number of methoxy groups -OCH3 is 1. The molecule has 1 fully saturated rings. The van der Waals surface area contributed by atoms with Gasteiger partial charge in [0.05, 0.1) is 19.4 Å². The van der Waals surface area contributed by atoms with Crippen LogP contribution in [0, 0.1) is 0 Å². The van der Waals surface area contributed by atoms with Crippen molar-refractivity contribution < 1.29 is 23.9 Å². The molecule has 148 valence electrons. The summed E-state index contributed by atoms with van der Waals surface area (Å²) < 4.78 is 10.3. The second kappa shape index (κ2) is 9.11. The number of esters is 1. The fraction of sp³-hybridized carbons (Fsp3) is 0.316. The zero-order chi connectivity index (χ0) is 20.1. The molecule has 0 bridgehead atoms. The van der Waals surface area contributed by atoms with Crippen molar-refractivity contribution in [3.63, 3.8) is 0 Å². The molecule has 1 aromatic carbocycles. The smallest absolute Gasteiger partial charge is 0.350 e. The van der Waals surface area contributed by atoms with Crippen LogP contribution in [0.15, 0.2) is 30.3 Å². The number of thiophene rings is 1. The third kappa shape index (κ3) is 4.66. The minimum Gasteiger partial charge on any atom is -0.497 e. The molecule has 28 heavy (non-hydrogen) atoms. The SMILES string of the molecule is CCOC(=O)c1sc(-c2ccc(OC)cc2)cc1NC(=O)CN1CCSC1=O. The van der Waals surface area contributed by atoms with Crippen molar-refractivity contribution in [3.05, 3.63) is 35.2 Å². The number of rotatable bonds is 7. The first kappa shape index (κ1) is 20.2. The molecule has 0 atom stereocenters. The lowest BCUT2D eigenvalue weighted by atomic mass is 10.2. The summed E-state index contributed by atoms with van der Waals surface area (Å²) in [4.78, 5) is 39.0. The molecule has 0 unspecified atom stereocenters.